The number of hydrogen-bond donors (Lipinski definition) is 1. The fourth-order valence-electron chi connectivity index (χ4n) is 2.14. The van der Waals surface area contributed by atoms with Crippen LogP contribution in [0.15, 0.2) is 34.2 Å². The molecule has 0 aromatic carbocycles. The van der Waals surface area contributed by atoms with Gasteiger partial charge in [0.25, 0.3) is 0 Å². The van der Waals surface area contributed by atoms with Crippen molar-refractivity contribution in [2.75, 3.05) is 14.1 Å². The Bertz CT molecular complexity index is 591. The van der Waals surface area contributed by atoms with Crippen molar-refractivity contribution in [2.45, 2.75) is 31.4 Å². The lowest BCUT2D eigenvalue weighted by atomic mass is 9.99. The van der Waals surface area contributed by atoms with Crippen LogP contribution < -0.4 is 5.69 Å². The molecule has 1 aliphatic carbocycles. The molecule has 108 valence electrons. The molecule has 0 fully saturated rings. The Hall–Kier alpha value is -1.95. The van der Waals surface area contributed by atoms with Crippen molar-refractivity contribution in [2.24, 2.45) is 4.99 Å². The smallest absolute Gasteiger partial charge is 0.350 e. The van der Waals surface area contributed by atoms with Crippen molar-refractivity contribution in [3.05, 3.63) is 34.9 Å². The van der Waals surface area contributed by atoms with Gasteiger partial charge in [-0.15, -0.1) is 0 Å². The van der Waals surface area contributed by atoms with Crippen LogP contribution in [0.5, 0.6) is 0 Å². The molecule has 1 heterocycles. The SMILES string of the molecule is CC[C@@]1(O)C=C[C@H](n2ccc(N=CN(C)C)nc2=O)C1. The molecule has 1 aromatic rings. The van der Waals surface area contributed by atoms with Crippen LogP contribution in [-0.4, -0.2) is 45.6 Å². The summed E-state index contributed by atoms with van der Waals surface area (Å²) in [6.45, 7) is 1.92. The normalized spacial score (nSPS) is 25.5. The lowest BCUT2D eigenvalue weighted by molar-refractivity contribution is 0.0778. The summed E-state index contributed by atoms with van der Waals surface area (Å²) in [6, 6.07) is 1.55. The van der Waals surface area contributed by atoms with Gasteiger partial charge in [0, 0.05) is 26.7 Å². The summed E-state index contributed by atoms with van der Waals surface area (Å²) >= 11 is 0. The molecule has 2 rings (SSSR count). The van der Waals surface area contributed by atoms with E-state index in [-0.39, 0.29) is 11.7 Å². The van der Waals surface area contributed by atoms with E-state index in [0.717, 1.165) is 0 Å². The van der Waals surface area contributed by atoms with Gasteiger partial charge in [0.15, 0.2) is 5.82 Å². The number of nitrogens with zero attached hydrogens (tertiary/aromatic N) is 4. The average molecular weight is 276 g/mol. The third-order valence-electron chi connectivity index (χ3n) is 3.40. The molecule has 1 aromatic heterocycles. The van der Waals surface area contributed by atoms with Gasteiger partial charge in [-0.1, -0.05) is 19.1 Å². The molecule has 20 heavy (non-hydrogen) atoms. The fraction of sp³-hybridized carbons (Fsp3) is 0.500. The number of aromatic nitrogens is 2. The Labute approximate surface area is 118 Å². The third-order valence-corrected chi connectivity index (χ3v) is 3.40. The number of aliphatic imine (C=N–C) groups is 1. The van der Waals surface area contributed by atoms with Crippen molar-refractivity contribution >= 4 is 12.2 Å². The quantitative estimate of drug-likeness (QED) is 0.508. The van der Waals surface area contributed by atoms with Gasteiger partial charge in [0.1, 0.15) is 0 Å². The van der Waals surface area contributed by atoms with Gasteiger partial charge in [-0.3, -0.25) is 4.57 Å². The second-order valence-corrected chi connectivity index (χ2v) is 5.27. The summed E-state index contributed by atoms with van der Waals surface area (Å²) in [5, 5.41) is 10.2. The van der Waals surface area contributed by atoms with E-state index in [1.54, 1.807) is 29.6 Å². The Morgan fingerprint density at radius 3 is 2.95 bits per heavy atom. The maximum absolute atomic E-state index is 12.0. The van der Waals surface area contributed by atoms with Gasteiger partial charge in [-0.05, 0) is 12.5 Å². The molecule has 6 nitrogen and oxygen atoms in total. The predicted octanol–water partition coefficient (Wildman–Crippen LogP) is 1.11. The van der Waals surface area contributed by atoms with Crippen LogP contribution in [0.4, 0.5) is 5.82 Å². The van der Waals surface area contributed by atoms with Crippen molar-refractivity contribution < 1.29 is 5.11 Å². The van der Waals surface area contributed by atoms with Crippen molar-refractivity contribution in [1.29, 1.82) is 0 Å². The van der Waals surface area contributed by atoms with E-state index in [2.05, 4.69) is 9.98 Å². The van der Waals surface area contributed by atoms with Gasteiger partial charge in [0.2, 0.25) is 0 Å². The van der Waals surface area contributed by atoms with Gasteiger partial charge in [-0.2, -0.15) is 4.98 Å². The summed E-state index contributed by atoms with van der Waals surface area (Å²) in [4.78, 5) is 21.8. The first-order chi connectivity index (χ1) is 9.43. The van der Waals surface area contributed by atoms with Crippen LogP contribution in [0, 0.1) is 0 Å². The number of allylic oxidation sites excluding steroid dienone is 1. The van der Waals surface area contributed by atoms with E-state index >= 15 is 0 Å². The van der Waals surface area contributed by atoms with E-state index in [1.807, 2.05) is 27.1 Å². The maximum Gasteiger partial charge on any atom is 0.350 e. The molecule has 0 saturated heterocycles. The fourth-order valence-corrected chi connectivity index (χ4v) is 2.14. The molecule has 1 aliphatic rings. The highest BCUT2D eigenvalue weighted by Gasteiger charge is 2.31. The Balaban J connectivity index is 2.20. The van der Waals surface area contributed by atoms with Crippen LogP contribution in [0.25, 0.3) is 0 Å². The molecule has 0 saturated carbocycles. The molecule has 0 aliphatic heterocycles. The van der Waals surface area contributed by atoms with E-state index < -0.39 is 5.60 Å². The standard InChI is InChI=1S/C14H20N4O2/c1-4-14(20)7-5-11(9-14)18-8-6-12(16-13(18)19)15-10-17(2)3/h5-8,10-11,20H,4,9H2,1-3H3/t11-,14+/m0/s1. The molecule has 0 amide bonds. The lowest BCUT2D eigenvalue weighted by Crippen LogP contribution is -2.29. The molecule has 1 N–H and O–H groups in total. The van der Waals surface area contributed by atoms with Crippen LogP contribution >= 0.6 is 0 Å². The molecule has 2 atom stereocenters. The topological polar surface area (TPSA) is 70.7 Å². The van der Waals surface area contributed by atoms with Gasteiger partial charge >= 0.3 is 5.69 Å². The third kappa shape index (κ3) is 3.14. The predicted molar refractivity (Wildman–Crippen MR) is 78.4 cm³/mol. The summed E-state index contributed by atoms with van der Waals surface area (Å²) in [5.74, 6) is 0.382. The van der Waals surface area contributed by atoms with Gasteiger partial charge in [0.05, 0.1) is 18.0 Å². The van der Waals surface area contributed by atoms with E-state index in [9.17, 15) is 9.90 Å². The monoisotopic (exact) mass is 276 g/mol. The van der Waals surface area contributed by atoms with Crippen LogP contribution in [0.2, 0.25) is 0 Å². The number of hydrogen-bond acceptors (Lipinski definition) is 4. The number of aliphatic hydroxyl groups is 1. The van der Waals surface area contributed by atoms with E-state index in [1.165, 1.54) is 4.57 Å². The van der Waals surface area contributed by atoms with E-state index in [0.29, 0.717) is 18.7 Å². The molecule has 6 heteroatoms. The zero-order chi connectivity index (χ0) is 14.8. The van der Waals surface area contributed by atoms with Crippen molar-refractivity contribution in [1.82, 2.24) is 14.5 Å². The largest absolute Gasteiger partial charge is 0.386 e. The molecular weight excluding hydrogens is 256 g/mol. The molecule has 0 unspecified atom stereocenters. The molecule has 0 spiro atoms. The zero-order valence-electron chi connectivity index (χ0n) is 12.0. The first-order valence-electron chi connectivity index (χ1n) is 6.65. The zero-order valence-corrected chi connectivity index (χ0v) is 12.0. The Kier molecular flexibility index (Phi) is 4.04. The Morgan fingerprint density at radius 1 is 1.65 bits per heavy atom. The number of rotatable bonds is 4. The summed E-state index contributed by atoms with van der Waals surface area (Å²) in [7, 11) is 3.69. The highest BCUT2D eigenvalue weighted by atomic mass is 16.3. The lowest BCUT2D eigenvalue weighted by Gasteiger charge is -2.20. The summed E-state index contributed by atoms with van der Waals surface area (Å²) in [5.41, 5.74) is -1.17. The average Bonchev–Trinajstić information content (AvgIpc) is 2.80. The highest BCUT2D eigenvalue weighted by Crippen LogP contribution is 2.32. The van der Waals surface area contributed by atoms with Crippen LogP contribution in [0.1, 0.15) is 25.8 Å². The molecular formula is C14H20N4O2. The first kappa shape index (κ1) is 14.5. The minimum atomic E-state index is -0.814. The van der Waals surface area contributed by atoms with Gasteiger partial charge in [-0.25, -0.2) is 9.79 Å². The van der Waals surface area contributed by atoms with Gasteiger partial charge < -0.3 is 10.0 Å². The van der Waals surface area contributed by atoms with Crippen LogP contribution in [0.3, 0.4) is 0 Å². The van der Waals surface area contributed by atoms with Crippen molar-refractivity contribution in [3.8, 4) is 0 Å². The summed E-state index contributed by atoms with van der Waals surface area (Å²) < 4.78 is 1.53. The second-order valence-electron chi connectivity index (χ2n) is 5.27. The maximum atomic E-state index is 12.0. The highest BCUT2D eigenvalue weighted by molar-refractivity contribution is 5.58. The second kappa shape index (κ2) is 5.58. The van der Waals surface area contributed by atoms with Crippen LogP contribution in [-0.2, 0) is 0 Å². The molecule has 0 bridgehead atoms. The first-order valence-corrected chi connectivity index (χ1v) is 6.65. The van der Waals surface area contributed by atoms with E-state index in [4.69, 9.17) is 0 Å². The van der Waals surface area contributed by atoms with Crippen molar-refractivity contribution in [3.63, 3.8) is 0 Å². The molecule has 0 radical (unpaired) electrons. The minimum Gasteiger partial charge on any atom is -0.386 e. The Morgan fingerprint density at radius 2 is 2.40 bits per heavy atom. The summed E-state index contributed by atoms with van der Waals surface area (Å²) in [6.07, 6.45) is 8.03. The minimum absolute atomic E-state index is 0.146.